The van der Waals surface area contributed by atoms with E-state index in [2.05, 4.69) is 0 Å². The first-order valence-corrected chi connectivity index (χ1v) is 5.78. The van der Waals surface area contributed by atoms with Gasteiger partial charge in [0.2, 0.25) is 11.8 Å². The fraction of sp³-hybridized carbons (Fsp3) is 0.818. The van der Waals surface area contributed by atoms with Crippen LogP contribution in [0, 0.1) is 5.92 Å². The highest BCUT2D eigenvalue weighted by Gasteiger charge is 2.22. The average Bonchev–Trinajstić information content (AvgIpc) is 2.28. The van der Waals surface area contributed by atoms with Gasteiger partial charge in [0, 0.05) is 39.5 Å². The summed E-state index contributed by atoms with van der Waals surface area (Å²) in [5.41, 5.74) is 5.49. The molecule has 1 aliphatic rings. The summed E-state index contributed by atoms with van der Waals surface area (Å²) >= 11 is 0. The summed E-state index contributed by atoms with van der Waals surface area (Å²) in [6.45, 7) is 6.68. The van der Waals surface area contributed by atoms with Gasteiger partial charge in [-0.25, -0.2) is 0 Å². The lowest BCUT2D eigenvalue weighted by atomic mass is 10.1. The van der Waals surface area contributed by atoms with Crippen molar-refractivity contribution in [1.29, 1.82) is 0 Å². The van der Waals surface area contributed by atoms with Gasteiger partial charge in [0.1, 0.15) is 0 Å². The van der Waals surface area contributed by atoms with Crippen molar-refractivity contribution in [2.45, 2.75) is 20.3 Å². The molecule has 1 aliphatic heterocycles. The largest absolute Gasteiger partial charge is 0.339 e. The third kappa shape index (κ3) is 3.48. The summed E-state index contributed by atoms with van der Waals surface area (Å²) in [7, 11) is 0. The Labute approximate surface area is 96.6 Å². The number of carbonyl (C=O) groups excluding carboxylic acids is 2. The number of rotatable bonds is 3. The zero-order valence-corrected chi connectivity index (χ0v) is 10.1. The van der Waals surface area contributed by atoms with E-state index in [1.807, 2.05) is 11.8 Å². The maximum atomic E-state index is 11.8. The molecule has 1 saturated heterocycles. The maximum absolute atomic E-state index is 11.8. The molecule has 2 amide bonds. The number of nitrogens with two attached hydrogens (primary N) is 1. The highest BCUT2D eigenvalue weighted by atomic mass is 16.2. The van der Waals surface area contributed by atoms with E-state index >= 15 is 0 Å². The second-order valence-corrected chi connectivity index (χ2v) is 4.43. The molecule has 0 aromatic rings. The number of hydrogen-bond acceptors (Lipinski definition) is 3. The predicted molar refractivity (Wildman–Crippen MR) is 61.7 cm³/mol. The number of amides is 2. The Hall–Kier alpha value is -1.10. The lowest BCUT2D eigenvalue weighted by Gasteiger charge is -2.34. The summed E-state index contributed by atoms with van der Waals surface area (Å²) in [6, 6.07) is 0. The van der Waals surface area contributed by atoms with Gasteiger partial charge in [0.25, 0.3) is 0 Å². The molecular weight excluding hydrogens is 206 g/mol. The lowest BCUT2D eigenvalue weighted by Crippen LogP contribution is -2.50. The Balaban J connectivity index is 2.36. The summed E-state index contributed by atoms with van der Waals surface area (Å²) in [6.07, 6.45) is 0.510. The van der Waals surface area contributed by atoms with Crippen molar-refractivity contribution in [3.63, 3.8) is 0 Å². The Morgan fingerprint density at radius 3 is 2.12 bits per heavy atom. The van der Waals surface area contributed by atoms with Crippen molar-refractivity contribution in [3.05, 3.63) is 0 Å². The van der Waals surface area contributed by atoms with Crippen LogP contribution < -0.4 is 5.73 Å². The van der Waals surface area contributed by atoms with E-state index in [0.29, 0.717) is 39.1 Å². The quantitative estimate of drug-likeness (QED) is 0.717. The summed E-state index contributed by atoms with van der Waals surface area (Å²) < 4.78 is 0. The molecule has 1 atom stereocenters. The number of piperazine rings is 1. The molecule has 1 rings (SSSR count). The van der Waals surface area contributed by atoms with Gasteiger partial charge < -0.3 is 15.5 Å². The topological polar surface area (TPSA) is 66.6 Å². The first-order chi connectivity index (χ1) is 7.54. The molecule has 92 valence electrons. The van der Waals surface area contributed by atoms with Crippen LogP contribution in [0.3, 0.4) is 0 Å². The van der Waals surface area contributed by atoms with Crippen LogP contribution in [-0.4, -0.2) is 54.3 Å². The molecule has 5 nitrogen and oxygen atoms in total. The van der Waals surface area contributed by atoms with Gasteiger partial charge in [-0.05, 0) is 12.5 Å². The molecule has 5 heteroatoms. The highest BCUT2D eigenvalue weighted by molar-refractivity contribution is 5.77. The van der Waals surface area contributed by atoms with Crippen LogP contribution >= 0.6 is 0 Å². The fourth-order valence-electron chi connectivity index (χ4n) is 1.78. The van der Waals surface area contributed by atoms with Crippen molar-refractivity contribution in [2.24, 2.45) is 11.7 Å². The van der Waals surface area contributed by atoms with Gasteiger partial charge in [-0.1, -0.05) is 6.92 Å². The zero-order valence-electron chi connectivity index (χ0n) is 10.1. The van der Waals surface area contributed by atoms with Gasteiger partial charge >= 0.3 is 0 Å². The van der Waals surface area contributed by atoms with Gasteiger partial charge in [-0.15, -0.1) is 0 Å². The van der Waals surface area contributed by atoms with Crippen LogP contribution in [-0.2, 0) is 9.59 Å². The zero-order chi connectivity index (χ0) is 12.1. The smallest absolute Gasteiger partial charge is 0.223 e. The van der Waals surface area contributed by atoms with Gasteiger partial charge in [0.05, 0.1) is 0 Å². The lowest BCUT2D eigenvalue weighted by molar-refractivity contribution is -0.138. The molecule has 2 N–H and O–H groups in total. The molecule has 1 unspecified atom stereocenters. The summed E-state index contributed by atoms with van der Waals surface area (Å²) in [5, 5.41) is 0. The number of nitrogens with zero attached hydrogens (tertiary/aromatic N) is 2. The minimum Gasteiger partial charge on any atom is -0.339 e. The van der Waals surface area contributed by atoms with Crippen LogP contribution in [0.5, 0.6) is 0 Å². The molecule has 0 spiro atoms. The highest BCUT2D eigenvalue weighted by Crippen LogP contribution is 2.07. The molecule has 0 aliphatic carbocycles. The third-order valence-electron chi connectivity index (χ3n) is 3.00. The van der Waals surface area contributed by atoms with Crippen molar-refractivity contribution < 1.29 is 9.59 Å². The van der Waals surface area contributed by atoms with E-state index in [1.54, 1.807) is 11.8 Å². The van der Waals surface area contributed by atoms with Gasteiger partial charge in [-0.2, -0.15) is 0 Å². The SMILES string of the molecule is CC(=O)N1CCN(C(=O)CC(C)CN)CC1. The van der Waals surface area contributed by atoms with E-state index < -0.39 is 0 Å². The standard InChI is InChI=1S/C11H21N3O2/c1-9(8-12)7-11(16)14-5-3-13(4-6-14)10(2)15/h9H,3-8,12H2,1-2H3. The minimum atomic E-state index is 0.0856. The molecule has 1 heterocycles. The van der Waals surface area contributed by atoms with E-state index in [4.69, 9.17) is 5.73 Å². The van der Waals surface area contributed by atoms with Crippen LogP contribution in [0.2, 0.25) is 0 Å². The Kier molecular flexibility index (Phi) is 4.73. The predicted octanol–water partition coefficient (Wildman–Crippen LogP) is -0.338. The molecular formula is C11H21N3O2. The monoisotopic (exact) mass is 227 g/mol. The first kappa shape index (κ1) is 13.0. The van der Waals surface area contributed by atoms with Crippen molar-refractivity contribution in [3.8, 4) is 0 Å². The van der Waals surface area contributed by atoms with Gasteiger partial charge in [0.15, 0.2) is 0 Å². The van der Waals surface area contributed by atoms with Crippen LogP contribution in [0.4, 0.5) is 0 Å². The molecule has 0 radical (unpaired) electrons. The summed E-state index contributed by atoms with van der Waals surface area (Å²) in [4.78, 5) is 26.5. The third-order valence-corrected chi connectivity index (χ3v) is 3.00. The molecule has 1 fully saturated rings. The van der Waals surface area contributed by atoms with Gasteiger partial charge in [-0.3, -0.25) is 9.59 Å². The normalized spacial score (nSPS) is 18.4. The average molecular weight is 227 g/mol. The molecule has 0 aromatic heterocycles. The minimum absolute atomic E-state index is 0.0856. The second kappa shape index (κ2) is 5.84. The molecule has 0 bridgehead atoms. The van der Waals surface area contributed by atoms with E-state index in [-0.39, 0.29) is 17.7 Å². The Bertz CT molecular complexity index is 260. The first-order valence-electron chi connectivity index (χ1n) is 5.78. The van der Waals surface area contributed by atoms with E-state index in [1.165, 1.54) is 0 Å². The fourth-order valence-corrected chi connectivity index (χ4v) is 1.78. The van der Waals surface area contributed by atoms with Crippen molar-refractivity contribution in [2.75, 3.05) is 32.7 Å². The maximum Gasteiger partial charge on any atom is 0.223 e. The molecule has 0 saturated carbocycles. The van der Waals surface area contributed by atoms with E-state index in [0.717, 1.165) is 0 Å². The van der Waals surface area contributed by atoms with Crippen LogP contribution in [0.1, 0.15) is 20.3 Å². The second-order valence-electron chi connectivity index (χ2n) is 4.43. The number of hydrogen-bond donors (Lipinski definition) is 1. The van der Waals surface area contributed by atoms with Crippen molar-refractivity contribution in [1.82, 2.24) is 9.80 Å². The Morgan fingerprint density at radius 2 is 1.69 bits per heavy atom. The van der Waals surface area contributed by atoms with Crippen LogP contribution in [0.25, 0.3) is 0 Å². The summed E-state index contributed by atoms with van der Waals surface area (Å²) in [5.74, 6) is 0.474. The Morgan fingerprint density at radius 1 is 1.19 bits per heavy atom. The number of carbonyl (C=O) groups is 2. The van der Waals surface area contributed by atoms with E-state index in [9.17, 15) is 9.59 Å². The van der Waals surface area contributed by atoms with Crippen LogP contribution in [0.15, 0.2) is 0 Å². The molecule has 16 heavy (non-hydrogen) atoms. The van der Waals surface area contributed by atoms with Crippen molar-refractivity contribution >= 4 is 11.8 Å². The molecule has 0 aromatic carbocycles.